The Kier molecular flexibility index (Phi) is 4.34. The Morgan fingerprint density at radius 2 is 1.36 bits per heavy atom. The first-order valence-electron chi connectivity index (χ1n) is 8.81. The number of fused-ring (bicyclic) bond motifs is 1. The van der Waals surface area contributed by atoms with Crippen LogP contribution in [0.1, 0.15) is 29.0 Å². The molecule has 0 fully saturated rings. The molecule has 0 bridgehead atoms. The number of amides is 1. The van der Waals surface area contributed by atoms with E-state index in [1.54, 1.807) is 0 Å². The van der Waals surface area contributed by atoms with E-state index in [1.807, 2.05) is 53.4 Å². The molecular weight excluding hydrogens is 306 g/mol. The molecule has 1 aliphatic rings. The highest BCUT2D eigenvalue weighted by Crippen LogP contribution is 2.32. The van der Waals surface area contributed by atoms with Crippen LogP contribution in [-0.4, -0.2) is 12.5 Å². The number of hydrogen-bond donors (Lipinski definition) is 0. The third-order valence-electron chi connectivity index (χ3n) is 4.97. The van der Waals surface area contributed by atoms with E-state index >= 15 is 0 Å². The van der Waals surface area contributed by atoms with Gasteiger partial charge >= 0.3 is 0 Å². The van der Waals surface area contributed by atoms with Gasteiger partial charge in [0.05, 0.1) is 0 Å². The lowest BCUT2D eigenvalue weighted by atomic mass is 9.88. The lowest BCUT2D eigenvalue weighted by molar-refractivity contribution is -0.118. The van der Waals surface area contributed by atoms with Crippen LogP contribution in [0.4, 0.5) is 5.69 Å². The number of hydrogen-bond acceptors (Lipinski definition) is 1. The fourth-order valence-electron chi connectivity index (χ4n) is 3.68. The van der Waals surface area contributed by atoms with Gasteiger partial charge in [-0.1, -0.05) is 78.9 Å². The highest BCUT2D eigenvalue weighted by molar-refractivity contribution is 5.96. The number of benzene rings is 3. The van der Waals surface area contributed by atoms with Crippen LogP contribution in [0.15, 0.2) is 84.9 Å². The van der Waals surface area contributed by atoms with Gasteiger partial charge in [0.1, 0.15) is 0 Å². The van der Waals surface area contributed by atoms with Gasteiger partial charge in [-0.25, -0.2) is 0 Å². The zero-order valence-electron chi connectivity index (χ0n) is 14.1. The summed E-state index contributed by atoms with van der Waals surface area (Å²) in [6, 6.07) is 28.9. The van der Waals surface area contributed by atoms with E-state index in [-0.39, 0.29) is 11.8 Å². The van der Waals surface area contributed by atoms with Crippen molar-refractivity contribution in [2.45, 2.75) is 18.8 Å². The Bertz CT molecular complexity index is 818. The maximum absolute atomic E-state index is 13.1. The van der Waals surface area contributed by atoms with E-state index in [0.717, 1.165) is 18.7 Å². The number of carbonyl (C=O) groups is 1. The summed E-state index contributed by atoms with van der Waals surface area (Å²) in [5.41, 5.74) is 4.73. The van der Waals surface area contributed by atoms with E-state index in [0.29, 0.717) is 6.42 Å². The molecule has 1 heterocycles. The van der Waals surface area contributed by atoms with Crippen LogP contribution in [0.25, 0.3) is 0 Å². The van der Waals surface area contributed by atoms with E-state index in [9.17, 15) is 4.79 Å². The zero-order valence-corrected chi connectivity index (χ0v) is 14.1. The largest absolute Gasteiger partial charge is 0.312 e. The highest BCUT2D eigenvalue weighted by atomic mass is 16.2. The first-order chi connectivity index (χ1) is 12.3. The van der Waals surface area contributed by atoms with Crippen molar-refractivity contribution in [3.8, 4) is 0 Å². The average Bonchev–Trinajstić information content (AvgIpc) is 3.11. The van der Waals surface area contributed by atoms with Crippen LogP contribution in [-0.2, 0) is 11.2 Å². The molecule has 3 aromatic rings. The number of carbonyl (C=O) groups excluding carboxylic acids is 1. The molecular formula is C23H21NO. The summed E-state index contributed by atoms with van der Waals surface area (Å²) in [6.07, 6.45) is 1.44. The lowest BCUT2D eigenvalue weighted by Gasteiger charge is -2.22. The van der Waals surface area contributed by atoms with Gasteiger partial charge in [-0.2, -0.15) is 0 Å². The molecule has 4 rings (SSSR count). The maximum atomic E-state index is 13.1. The van der Waals surface area contributed by atoms with Crippen molar-refractivity contribution in [2.75, 3.05) is 11.4 Å². The molecule has 0 radical (unpaired) electrons. The molecule has 0 spiro atoms. The number of nitrogens with zero attached hydrogens (tertiary/aromatic N) is 1. The Labute approximate surface area is 148 Å². The summed E-state index contributed by atoms with van der Waals surface area (Å²) in [4.78, 5) is 15.0. The van der Waals surface area contributed by atoms with E-state index in [4.69, 9.17) is 0 Å². The van der Waals surface area contributed by atoms with Crippen LogP contribution in [0, 0.1) is 0 Å². The molecule has 0 N–H and O–H groups in total. The van der Waals surface area contributed by atoms with Gasteiger partial charge in [0, 0.05) is 24.6 Å². The quantitative estimate of drug-likeness (QED) is 0.674. The minimum atomic E-state index is 0.0858. The zero-order chi connectivity index (χ0) is 17.1. The van der Waals surface area contributed by atoms with Crippen LogP contribution >= 0.6 is 0 Å². The van der Waals surface area contributed by atoms with Crippen LogP contribution in [0.2, 0.25) is 0 Å². The van der Waals surface area contributed by atoms with Crippen LogP contribution < -0.4 is 4.90 Å². The van der Waals surface area contributed by atoms with Gasteiger partial charge in [0.2, 0.25) is 5.91 Å². The minimum Gasteiger partial charge on any atom is -0.312 e. The summed E-state index contributed by atoms with van der Waals surface area (Å²) < 4.78 is 0. The summed E-state index contributed by atoms with van der Waals surface area (Å²) in [5.74, 6) is 0.283. The van der Waals surface area contributed by atoms with Crippen molar-refractivity contribution in [3.63, 3.8) is 0 Å². The topological polar surface area (TPSA) is 20.3 Å². The fourth-order valence-corrected chi connectivity index (χ4v) is 3.68. The van der Waals surface area contributed by atoms with E-state index in [2.05, 4.69) is 36.4 Å². The minimum absolute atomic E-state index is 0.0858. The van der Waals surface area contributed by atoms with Crippen molar-refractivity contribution < 1.29 is 4.79 Å². The molecule has 1 amide bonds. The Morgan fingerprint density at radius 3 is 2.00 bits per heavy atom. The van der Waals surface area contributed by atoms with Gasteiger partial charge in [-0.15, -0.1) is 0 Å². The molecule has 2 nitrogen and oxygen atoms in total. The third-order valence-corrected chi connectivity index (χ3v) is 4.97. The maximum Gasteiger partial charge on any atom is 0.227 e. The second kappa shape index (κ2) is 6.94. The Balaban J connectivity index is 1.62. The number of para-hydroxylation sites is 1. The molecule has 0 aromatic heterocycles. The van der Waals surface area contributed by atoms with Gasteiger partial charge in [0.15, 0.2) is 0 Å². The predicted octanol–water partition coefficient (Wildman–Crippen LogP) is 4.80. The molecule has 0 saturated carbocycles. The van der Waals surface area contributed by atoms with E-state index in [1.165, 1.54) is 16.7 Å². The van der Waals surface area contributed by atoms with Crippen molar-refractivity contribution in [2.24, 2.45) is 0 Å². The fraction of sp³-hybridized carbons (Fsp3) is 0.174. The molecule has 2 heteroatoms. The van der Waals surface area contributed by atoms with Crippen molar-refractivity contribution in [1.82, 2.24) is 0 Å². The summed E-state index contributed by atoms with van der Waals surface area (Å²) in [7, 11) is 0. The number of anilines is 1. The summed E-state index contributed by atoms with van der Waals surface area (Å²) >= 11 is 0. The van der Waals surface area contributed by atoms with Crippen molar-refractivity contribution in [3.05, 3.63) is 102 Å². The van der Waals surface area contributed by atoms with Crippen molar-refractivity contribution in [1.29, 1.82) is 0 Å². The Hall–Kier alpha value is -2.87. The normalized spacial score (nSPS) is 13.1. The molecule has 0 aliphatic carbocycles. The first kappa shape index (κ1) is 15.6. The second-order valence-corrected chi connectivity index (χ2v) is 6.50. The van der Waals surface area contributed by atoms with E-state index < -0.39 is 0 Å². The molecule has 0 saturated heterocycles. The molecule has 124 valence electrons. The smallest absolute Gasteiger partial charge is 0.227 e. The molecule has 3 aromatic carbocycles. The van der Waals surface area contributed by atoms with Crippen LogP contribution in [0.3, 0.4) is 0 Å². The second-order valence-electron chi connectivity index (χ2n) is 6.50. The highest BCUT2D eigenvalue weighted by Gasteiger charge is 2.27. The molecule has 25 heavy (non-hydrogen) atoms. The van der Waals surface area contributed by atoms with Crippen molar-refractivity contribution >= 4 is 11.6 Å². The predicted molar refractivity (Wildman–Crippen MR) is 102 cm³/mol. The molecule has 0 unspecified atom stereocenters. The number of rotatable bonds is 4. The molecule has 0 atom stereocenters. The van der Waals surface area contributed by atoms with Gasteiger partial charge in [0.25, 0.3) is 0 Å². The lowest BCUT2D eigenvalue weighted by Crippen LogP contribution is -2.30. The third kappa shape index (κ3) is 3.20. The SMILES string of the molecule is O=C(CC(c1ccccc1)c1ccccc1)N1CCc2ccccc21. The Morgan fingerprint density at radius 1 is 0.800 bits per heavy atom. The first-order valence-corrected chi connectivity index (χ1v) is 8.81. The van der Waals surface area contributed by atoms with Gasteiger partial charge in [-0.3, -0.25) is 4.79 Å². The summed E-state index contributed by atoms with van der Waals surface area (Å²) in [6.45, 7) is 0.786. The van der Waals surface area contributed by atoms with Crippen LogP contribution in [0.5, 0.6) is 0 Å². The standard InChI is InChI=1S/C23H21NO/c25-23(24-16-15-20-13-7-8-14-22(20)24)17-21(18-9-3-1-4-10-18)19-11-5-2-6-12-19/h1-14,21H,15-17H2. The van der Waals surface area contributed by atoms with Gasteiger partial charge in [-0.05, 0) is 29.2 Å². The average molecular weight is 327 g/mol. The summed E-state index contributed by atoms with van der Waals surface area (Å²) in [5, 5.41) is 0. The monoisotopic (exact) mass is 327 g/mol. The molecule has 1 aliphatic heterocycles. The van der Waals surface area contributed by atoms with Gasteiger partial charge < -0.3 is 4.90 Å².